The summed E-state index contributed by atoms with van der Waals surface area (Å²) in [7, 11) is 0. The van der Waals surface area contributed by atoms with Crippen molar-refractivity contribution in [1.29, 1.82) is 0 Å². The first kappa shape index (κ1) is 12.9. The molecule has 1 aromatic carbocycles. The molecule has 0 aliphatic heterocycles. The highest BCUT2D eigenvalue weighted by Crippen LogP contribution is 2.27. The minimum absolute atomic E-state index is 0.468. The SMILES string of the molecule is Cc1cc(C)c(C)c(Oc2ccc(CCl)cn2)c1. The summed E-state index contributed by atoms with van der Waals surface area (Å²) in [4.78, 5) is 4.24. The third-order valence-corrected chi connectivity index (χ3v) is 3.24. The topological polar surface area (TPSA) is 22.1 Å². The Morgan fingerprint density at radius 1 is 1.17 bits per heavy atom. The van der Waals surface area contributed by atoms with E-state index in [1.54, 1.807) is 6.20 Å². The second-order valence-electron chi connectivity index (χ2n) is 4.45. The number of hydrogen-bond donors (Lipinski definition) is 0. The fourth-order valence-corrected chi connectivity index (χ4v) is 1.93. The summed E-state index contributed by atoms with van der Waals surface area (Å²) >= 11 is 5.73. The van der Waals surface area contributed by atoms with E-state index < -0.39 is 0 Å². The van der Waals surface area contributed by atoms with Crippen LogP contribution >= 0.6 is 11.6 Å². The van der Waals surface area contributed by atoms with Crippen molar-refractivity contribution in [3.63, 3.8) is 0 Å². The zero-order valence-electron chi connectivity index (χ0n) is 10.8. The van der Waals surface area contributed by atoms with Crippen LogP contribution in [0.3, 0.4) is 0 Å². The van der Waals surface area contributed by atoms with Crippen LogP contribution in [0.2, 0.25) is 0 Å². The van der Waals surface area contributed by atoms with E-state index in [9.17, 15) is 0 Å². The molecule has 0 bridgehead atoms. The van der Waals surface area contributed by atoms with Gasteiger partial charge in [-0.1, -0.05) is 12.1 Å². The van der Waals surface area contributed by atoms with Crippen molar-refractivity contribution in [1.82, 2.24) is 4.98 Å². The van der Waals surface area contributed by atoms with Gasteiger partial charge in [0.25, 0.3) is 0 Å². The lowest BCUT2D eigenvalue weighted by Gasteiger charge is -2.11. The number of rotatable bonds is 3. The molecule has 1 heterocycles. The van der Waals surface area contributed by atoms with Gasteiger partial charge < -0.3 is 4.74 Å². The number of ether oxygens (including phenoxy) is 1. The van der Waals surface area contributed by atoms with E-state index in [1.165, 1.54) is 11.1 Å². The number of hydrogen-bond acceptors (Lipinski definition) is 2. The Labute approximate surface area is 113 Å². The van der Waals surface area contributed by atoms with Crippen molar-refractivity contribution >= 4 is 11.6 Å². The molecular formula is C15H16ClNO. The monoisotopic (exact) mass is 261 g/mol. The number of aromatic nitrogens is 1. The van der Waals surface area contributed by atoms with Gasteiger partial charge in [-0.15, -0.1) is 11.6 Å². The van der Waals surface area contributed by atoms with Crippen molar-refractivity contribution in [2.45, 2.75) is 26.7 Å². The van der Waals surface area contributed by atoms with E-state index in [1.807, 2.05) is 18.2 Å². The van der Waals surface area contributed by atoms with E-state index in [4.69, 9.17) is 16.3 Å². The standard InChI is InChI=1S/C15H16ClNO/c1-10-6-11(2)12(3)14(7-10)18-15-5-4-13(8-16)9-17-15/h4-7,9H,8H2,1-3H3. The maximum Gasteiger partial charge on any atom is 0.219 e. The van der Waals surface area contributed by atoms with Crippen molar-refractivity contribution in [2.75, 3.05) is 0 Å². The molecule has 0 N–H and O–H groups in total. The summed E-state index contributed by atoms with van der Waals surface area (Å²) in [5.74, 6) is 1.92. The van der Waals surface area contributed by atoms with Crippen LogP contribution in [0, 0.1) is 20.8 Å². The first-order valence-corrected chi connectivity index (χ1v) is 6.40. The highest BCUT2D eigenvalue weighted by atomic mass is 35.5. The Balaban J connectivity index is 2.27. The van der Waals surface area contributed by atoms with E-state index in [2.05, 4.69) is 31.8 Å². The van der Waals surface area contributed by atoms with Gasteiger partial charge in [0.1, 0.15) is 5.75 Å². The highest BCUT2D eigenvalue weighted by Gasteiger charge is 2.06. The third-order valence-electron chi connectivity index (χ3n) is 2.93. The van der Waals surface area contributed by atoms with Gasteiger partial charge in [-0.2, -0.15) is 0 Å². The van der Waals surface area contributed by atoms with Crippen molar-refractivity contribution < 1.29 is 4.74 Å². The van der Waals surface area contributed by atoms with Gasteiger partial charge in [-0.05, 0) is 49.1 Å². The van der Waals surface area contributed by atoms with Crippen LogP contribution in [-0.2, 0) is 5.88 Å². The summed E-state index contributed by atoms with van der Waals surface area (Å²) in [5, 5.41) is 0. The Hall–Kier alpha value is -1.54. The van der Waals surface area contributed by atoms with Crippen LogP contribution in [-0.4, -0.2) is 4.98 Å². The average Bonchev–Trinajstić information content (AvgIpc) is 2.36. The van der Waals surface area contributed by atoms with Crippen LogP contribution in [0.1, 0.15) is 22.3 Å². The minimum Gasteiger partial charge on any atom is -0.439 e. The van der Waals surface area contributed by atoms with Crippen molar-refractivity contribution in [2.24, 2.45) is 0 Å². The normalized spacial score (nSPS) is 10.4. The number of alkyl halides is 1. The molecule has 1 aromatic heterocycles. The Morgan fingerprint density at radius 3 is 2.56 bits per heavy atom. The fraction of sp³-hybridized carbons (Fsp3) is 0.267. The van der Waals surface area contributed by atoms with Crippen molar-refractivity contribution in [3.8, 4) is 11.6 Å². The van der Waals surface area contributed by atoms with E-state index in [0.29, 0.717) is 11.8 Å². The molecule has 0 atom stereocenters. The van der Waals surface area contributed by atoms with Gasteiger partial charge in [0.05, 0.1) is 0 Å². The summed E-state index contributed by atoms with van der Waals surface area (Å²) in [6.45, 7) is 6.19. The molecule has 0 aliphatic rings. The van der Waals surface area contributed by atoms with Crippen LogP contribution in [0.15, 0.2) is 30.5 Å². The van der Waals surface area contributed by atoms with E-state index >= 15 is 0 Å². The lowest BCUT2D eigenvalue weighted by atomic mass is 10.1. The van der Waals surface area contributed by atoms with Crippen LogP contribution < -0.4 is 4.74 Å². The lowest BCUT2D eigenvalue weighted by Crippen LogP contribution is -1.94. The highest BCUT2D eigenvalue weighted by molar-refractivity contribution is 6.17. The van der Waals surface area contributed by atoms with Gasteiger partial charge in [0.15, 0.2) is 0 Å². The summed E-state index contributed by atoms with van der Waals surface area (Å²) in [5.41, 5.74) is 4.54. The predicted octanol–water partition coefficient (Wildman–Crippen LogP) is 4.54. The second-order valence-corrected chi connectivity index (χ2v) is 4.71. The smallest absolute Gasteiger partial charge is 0.219 e. The van der Waals surface area contributed by atoms with Crippen LogP contribution in [0.5, 0.6) is 11.6 Å². The molecule has 18 heavy (non-hydrogen) atoms. The molecule has 0 aliphatic carbocycles. The van der Waals surface area contributed by atoms with E-state index in [0.717, 1.165) is 16.9 Å². The van der Waals surface area contributed by atoms with Gasteiger partial charge >= 0.3 is 0 Å². The number of halogens is 1. The third kappa shape index (κ3) is 2.82. The molecule has 0 saturated carbocycles. The van der Waals surface area contributed by atoms with Crippen LogP contribution in [0.25, 0.3) is 0 Å². The average molecular weight is 262 g/mol. The summed E-state index contributed by atoms with van der Waals surface area (Å²) in [6, 6.07) is 7.94. The molecule has 0 saturated heterocycles. The molecule has 2 aromatic rings. The van der Waals surface area contributed by atoms with E-state index in [-0.39, 0.29) is 0 Å². The zero-order chi connectivity index (χ0) is 13.1. The van der Waals surface area contributed by atoms with Gasteiger partial charge in [-0.25, -0.2) is 4.98 Å². The number of pyridine rings is 1. The maximum atomic E-state index is 5.82. The molecule has 2 nitrogen and oxygen atoms in total. The quantitative estimate of drug-likeness (QED) is 0.757. The van der Waals surface area contributed by atoms with Gasteiger partial charge in [0, 0.05) is 18.1 Å². The molecule has 2 rings (SSSR count). The largest absolute Gasteiger partial charge is 0.439 e. The first-order chi connectivity index (χ1) is 8.60. The predicted molar refractivity (Wildman–Crippen MR) is 74.5 cm³/mol. The molecule has 0 spiro atoms. The number of nitrogens with zero attached hydrogens (tertiary/aromatic N) is 1. The zero-order valence-corrected chi connectivity index (χ0v) is 11.6. The maximum absolute atomic E-state index is 5.82. The van der Waals surface area contributed by atoms with Gasteiger partial charge in [0.2, 0.25) is 5.88 Å². The summed E-state index contributed by atoms with van der Waals surface area (Å²) < 4.78 is 5.82. The Bertz CT molecular complexity index is 549. The summed E-state index contributed by atoms with van der Waals surface area (Å²) in [6.07, 6.45) is 1.74. The molecule has 0 amide bonds. The molecular weight excluding hydrogens is 246 g/mol. The molecule has 94 valence electrons. The fourth-order valence-electron chi connectivity index (χ4n) is 1.77. The number of aryl methyl sites for hydroxylation is 2. The second kappa shape index (κ2) is 5.40. The van der Waals surface area contributed by atoms with Crippen LogP contribution in [0.4, 0.5) is 0 Å². The molecule has 0 fully saturated rings. The van der Waals surface area contributed by atoms with Crippen molar-refractivity contribution in [3.05, 3.63) is 52.7 Å². The lowest BCUT2D eigenvalue weighted by molar-refractivity contribution is 0.458. The number of benzene rings is 1. The molecule has 3 heteroatoms. The minimum atomic E-state index is 0.468. The molecule has 0 radical (unpaired) electrons. The Kier molecular flexibility index (Phi) is 3.87. The Morgan fingerprint density at radius 2 is 1.94 bits per heavy atom. The first-order valence-electron chi connectivity index (χ1n) is 5.86. The van der Waals surface area contributed by atoms with Gasteiger partial charge in [-0.3, -0.25) is 0 Å². The molecule has 0 unspecified atom stereocenters.